The van der Waals surface area contributed by atoms with Gasteiger partial charge in [0, 0.05) is 6.20 Å². The molecule has 1 fully saturated rings. The Bertz CT molecular complexity index is 316. The van der Waals surface area contributed by atoms with E-state index < -0.39 is 0 Å². The van der Waals surface area contributed by atoms with Crippen LogP contribution in [0.3, 0.4) is 0 Å². The average molecular weight is 256 g/mol. The van der Waals surface area contributed by atoms with Crippen molar-refractivity contribution in [1.29, 1.82) is 0 Å². The SMILES string of the molecule is CC1CCC1COc1ncccc1Br. The molecule has 0 amide bonds. The van der Waals surface area contributed by atoms with Crippen LogP contribution >= 0.6 is 15.9 Å². The fourth-order valence-electron chi connectivity index (χ4n) is 1.65. The van der Waals surface area contributed by atoms with E-state index >= 15 is 0 Å². The van der Waals surface area contributed by atoms with Crippen molar-refractivity contribution >= 4 is 15.9 Å². The molecule has 1 aliphatic carbocycles. The first-order valence-corrected chi connectivity index (χ1v) is 5.80. The minimum absolute atomic E-state index is 0.714. The van der Waals surface area contributed by atoms with Crippen LogP contribution < -0.4 is 4.74 Å². The van der Waals surface area contributed by atoms with E-state index in [4.69, 9.17) is 4.74 Å². The van der Waals surface area contributed by atoms with Crippen molar-refractivity contribution in [3.63, 3.8) is 0 Å². The zero-order chi connectivity index (χ0) is 9.97. The van der Waals surface area contributed by atoms with Gasteiger partial charge in [-0.3, -0.25) is 0 Å². The van der Waals surface area contributed by atoms with Crippen LogP contribution in [0.5, 0.6) is 5.88 Å². The Morgan fingerprint density at radius 2 is 2.43 bits per heavy atom. The van der Waals surface area contributed by atoms with Gasteiger partial charge in [-0.25, -0.2) is 4.98 Å². The Morgan fingerprint density at radius 1 is 1.57 bits per heavy atom. The van der Waals surface area contributed by atoms with E-state index in [0.717, 1.165) is 22.9 Å². The highest BCUT2D eigenvalue weighted by Crippen LogP contribution is 2.34. The Morgan fingerprint density at radius 3 is 3.00 bits per heavy atom. The summed E-state index contributed by atoms with van der Waals surface area (Å²) in [4.78, 5) is 4.16. The van der Waals surface area contributed by atoms with Crippen molar-refractivity contribution in [3.8, 4) is 5.88 Å². The van der Waals surface area contributed by atoms with Gasteiger partial charge in [0.05, 0.1) is 11.1 Å². The highest BCUT2D eigenvalue weighted by molar-refractivity contribution is 9.10. The number of pyridine rings is 1. The average Bonchev–Trinajstić information content (AvgIpc) is 2.19. The first kappa shape index (κ1) is 9.97. The van der Waals surface area contributed by atoms with E-state index in [9.17, 15) is 0 Å². The third-order valence-corrected chi connectivity index (χ3v) is 3.56. The van der Waals surface area contributed by atoms with Gasteiger partial charge in [0.15, 0.2) is 0 Å². The maximum Gasteiger partial charge on any atom is 0.227 e. The van der Waals surface area contributed by atoms with Crippen LogP contribution in [0.2, 0.25) is 0 Å². The predicted molar refractivity (Wildman–Crippen MR) is 59.3 cm³/mol. The van der Waals surface area contributed by atoms with E-state index in [2.05, 4.69) is 27.8 Å². The molecule has 1 aliphatic rings. The van der Waals surface area contributed by atoms with Gasteiger partial charge >= 0.3 is 0 Å². The molecule has 1 aromatic heterocycles. The maximum atomic E-state index is 5.65. The van der Waals surface area contributed by atoms with Gasteiger partial charge in [0.2, 0.25) is 5.88 Å². The van der Waals surface area contributed by atoms with Gasteiger partial charge in [-0.15, -0.1) is 0 Å². The summed E-state index contributed by atoms with van der Waals surface area (Å²) < 4.78 is 6.59. The number of hydrogen-bond donors (Lipinski definition) is 0. The topological polar surface area (TPSA) is 22.1 Å². The predicted octanol–water partition coefficient (Wildman–Crippen LogP) is 3.27. The molecule has 14 heavy (non-hydrogen) atoms. The zero-order valence-corrected chi connectivity index (χ0v) is 9.83. The molecule has 2 rings (SSSR count). The Kier molecular flexibility index (Phi) is 3.06. The molecule has 0 aromatic carbocycles. The number of rotatable bonds is 3. The molecule has 2 unspecified atom stereocenters. The van der Waals surface area contributed by atoms with Gasteiger partial charge < -0.3 is 4.74 Å². The molecule has 1 aromatic rings. The second-order valence-electron chi connectivity index (χ2n) is 3.92. The van der Waals surface area contributed by atoms with Gasteiger partial charge in [0.25, 0.3) is 0 Å². The van der Waals surface area contributed by atoms with Crippen molar-refractivity contribution in [2.24, 2.45) is 11.8 Å². The fraction of sp³-hybridized carbons (Fsp3) is 0.545. The van der Waals surface area contributed by atoms with Crippen molar-refractivity contribution < 1.29 is 4.74 Å². The van der Waals surface area contributed by atoms with Crippen molar-refractivity contribution in [3.05, 3.63) is 22.8 Å². The Balaban J connectivity index is 1.88. The van der Waals surface area contributed by atoms with E-state index in [1.165, 1.54) is 12.8 Å². The van der Waals surface area contributed by atoms with Crippen LogP contribution in [0.25, 0.3) is 0 Å². The van der Waals surface area contributed by atoms with E-state index in [-0.39, 0.29) is 0 Å². The number of ether oxygens (including phenoxy) is 1. The van der Waals surface area contributed by atoms with Gasteiger partial charge in [-0.1, -0.05) is 6.92 Å². The molecular formula is C11H14BrNO. The third kappa shape index (κ3) is 2.08. The lowest BCUT2D eigenvalue weighted by Gasteiger charge is -2.33. The summed E-state index contributed by atoms with van der Waals surface area (Å²) in [5.74, 6) is 2.26. The quantitative estimate of drug-likeness (QED) is 0.828. The van der Waals surface area contributed by atoms with Crippen molar-refractivity contribution in [1.82, 2.24) is 4.98 Å². The lowest BCUT2D eigenvalue weighted by atomic mass is 9.75. The van der Waals surface area contributed by atoms with Crippen LogP contribution in [0.4, 0.5) is 0 Å². The highest BCUT2D eigenvalue weighted by atomic mass is 79.9. The summed E-state index contributed by atoms with van der Waals surface area (Å²) in [7, 11) is 0. The molecule has 0 bridgehead atoms. The Hall–Kier alpha value is -0.570. The van der Waals surface area contributed by atoms with Crippen molar-refractivity contribution in [2.75, 3.05) is 6.61 Å². The molecule has 0 spiro atoms. The van der Waals surface area contributed by atoms with Gasteiger partial charge in [-0.2, -0.15) is 0 Å². The smallest absolute Gasteiger partial charge is 0.227 e. The molecule has 2 atom stereocenters. The second kappa shape index (κ2) is 4.30. The summed E-state index contributed by atoms with van der Waals surface area (Å²) in [5, 5.41) is 0. The second-order valence-corrected chi connectivity index (χ2v) is 4.77. The normalized spacial score (nSPS) is 25.6. The minimum Gasteiger partial charge on any atom is -0.477 e. The largest absolute Gasteiger partial charge is 0.477 e. The lowest BCUT2D eigenvalue weighted by Crippen LogP contribution is -2.28. The van der Waals surface area contributed by atoms with Crippen LogP contribution in [-0.2, 0) is 0 Å². The lowest BCUT2D eigenvalue weighted by molar-refractivity contribution is 0.113. The molecule has 3 heteroatoms. The van der Waals surface area contributed by atoms with Gasteiger partial charge in [-0.05, 0) is 52.7 Å². The third-order valence-electron chi connectivity index (χ3n) is 2.96. The number of aromatic nitrogens is 1. The number of nitrogens with zero attached hydrogens (tertiary/aromatic N) is 1. The van der Waals surface area contributed by atoms with E-state index in [1.807, 2.05) is 12.1 Å². The molecule has 1 heterocycles. The molecule has 0 saturated heterocycles. The fourth-order valence-corrected chi connectivity index (χ4v) is 2.02. The zero-order valence-electron chi connectivity index (χ0n) is 8.24. The van der Waals surface area contributed by atoms with Crippen LogP contribution in [0, 0.1) is 11.8 Å². The minimum atomic E-state index is 0.714. The summed E-state index contributed by atoms with van der Waals surface area (Å²) in [6, 6.07) is 3.84. The van der Waals surface area contributed by atoms with Gasteiger partial charge in [0.1, 0.15) is 0 Å². The summed E-state index contributed by atoms with van der Waals surface area (Å²) >= 11 is 3.41. The van der Waals surface area contributed by atoms with Crippen molar-refractivity contribution in [2.45, 2.75) is 19.8 Å². The first-order chi connectivity index (χ1) is 6.77. The number of halogens is 1. The van der Waals surface area contributed by atoms with Crippen LogP contribution in [0.1, 0.15) is 19.8 Å². The van der Waals surface area contributed by atoms with E-state index in [0.29, 0.717) is 5.88 Å². The summed E-state index contributed by atoms with van der Waals surface area (Å²) in [6.07, 6.45) is 4.40. The van der Waals surface area contributed by atoms with E-state index in [1.54, 1.807) is 6.20 Å². The standard InChI is InChI=1S/C11H14BrNO/c1-8-4-5-9(8)7-14-11-10(12)3-2-6-13-11/h2-3,6,8-9H,4-5,7H2,1H3. The molecule has 1 saturated carbocycles. The molecule has 0 N–H and O–H groups in total. The first-order valence-electron chi connectivity index (χ1n) is 5.00. The summed E-state index contributed by atoms with van der Waals surface area (Å²) in [6.45, 7) is 3.09. The maximum absolute atomic E-state index is 5.65. The van der Waals surface area contributed by atoms with Crippen LogP contribution in [-0.4, -0.2) is 11.6 Å². The highest BCUT2D eigenvalue weighted by Gasteiger charge is 2.27. The Labute approximate surface area is 92.8 Å². The summed E-state index contributed by atoms with van der Waals surface area (Å²) in [5.41, 5.74) is 0. The monoisotopic (exact) mass is 255 g/mol. The number of hydrogen-bond acceptors (Lipinski definition) is 2. The molecule has 76 valence electrons. The van der Waals surface area contributed by atoms with Crippen LogP contribution in [0.15, 0.2) is 22.8 Å². The molecule has 0 aliphatic heterocycles. The molecule has 0 radical (unpaired) electrons. The molecule has 2 nitrogen and oxygen atoms in total. The molecular weight excluding hydrogens is 242 g/mol.